The van der Waals surface area contributed by atoms with Crippen LogP contribution >= 0.6 is 0 Å². The van der Waals surface area contributed by atoms with Gasteiger partial charge in [0.1, 0.15) is 6.04 Å². The fourth-order valence-corrected chi connectivity index (χ4v) is 3.91. The van der Waals surface area contributed by atoms with Gasteiger partial charge in [0.05, 0.1) is 6.42 Å². The first-order chi connectivity index (χ1) is 16.0. The molecule has 2 heterocycles. The Bertz CT molecular complexity index is 1030. The molecule has 2 aromatic rings. The van der Waals surface area contributed by atoms with Gasteiger partial charge >= 0.3 is 0 Å². The smallest absolute Gasteiger partial charge is 0.249 e. The van der Waals surface area contributed by atoms with Crippen molar-refractivity contribution in [3.05, 3.63) is 60.2 Å². The quantitative estimate of drug-likeness (QED) is 0.645. The van der Waals surface area contributed by atoms with Crippen molar-refractivity contribution in [1.29, 1.82) is 0 Å². The molecule has 9 heteroatoms. The number of nitrogens with one attached hydrogen (secondary N) is 3. The number of rotatable bonds is 5. The third-order valence-electron chi connectivity index (χ3n) is 5.60. The van der Waals surface area contributed by atoms with Gasteiger partial charge in [-0.05, 0) is 29.8 Å². The predicted octanol–water partition coefficient (Wildman–Crippen LogP) is 1.65. The van der Waals surface area contributed by atoms with Crippen molar-refractivity contribution >= 4 is 35.1 Å². The van der Waals surface area contributed by atoms with Gasteiger partial charge in [-0.25, -0.2) is 4.99 Å². The third-order valence-corrected chi connectivity index (χ3v) is 5.60. The van der Waals surface area contributed by atoms with E-state index in [1.54, 1.807) is 24.3 Å². The predicted molar refractivity (Wildman–Crippen MR) is 127 cm³/mol. The maximum atomic E-state index is 12.8. The van der Waals surface area contributed by atoms with E-state index in [2.05, 4.69) is 38.0 Å². The zero-order chi connectivity index (χ0) is 23.2. The van der Waals surface area contributed by atoms with E-state index in [0.29, 0.717) is 17.3 Å². The molecule has 0 bridgehead atoms. The molecule has 4 rings (SSSR count). The normalized spacial score (nSPS) is 18.8. The lowest BCUT2D eigenvalue weighted by molar-refractivity contribution is -0.125. The molecule has 3 amide bonds. The molecule has 172 valence electrons. The lowest BCUT2D eigenvalue weighted by Crippen LogP contribution is -2.56. The summed E-state index contributed by atoms with van der Waals surface area (Å²) in [6.07, 6.45) is 0.00722. The van der Waals surface area contributed by atoms with Crippen molar-refractivity contribution < 1.29 is 14.4 Å². The van der Waals surface area contributed by atoms with E-state index in [0.717, 1.165) is 32.7 Å². The molecule has 0 saturated carbocycles. The molecule has 2 aromatic carbocycles. The molecule has 0 aliphatic carbocycles. The third kappa shape index (κ3) is 6.17. The standard InChI is InChI=1S/C24H28N6O3/c1-17(31)25-19-7-9-20(10-8-19)26-23(33)21-15-22(32)28-24(27-21)30-13-11-29(12-14-30)16-18-5-3-2-4-6-18/h2-10,21H,11-16H2,1H3,(H,25,31)(H,26,33)(H,27,28,32)/t21-/m0/s1. The second-order valence-electron chi connectivity index (χ2n) is 8.22. The van der Waals surface area contributed by atoms with Crippen molar-refractivity contribution in [2.75, 3.05) is 36.8 Å². The van der Waals surface area contributed by atoms with Gasteiger partial charge in [-0.15, -0.1) is 0 Å². The first-order valence-corrected chi connectivity index (χ1v) is 11.0. The van der Waals surface area contributed by atoms with E-state index in [4.69, 9.17) is 0 Å². The van der Waals surface area contributed by atoms with E-state index in [-0.39, 0.29) is 24.1 Å². The molecule has 2 aliphatic rings. The Morgan fingerprint density at radius 1 is 0.970 bits per heavy atom. The van der Waals surface area contributed by atoms with Crippen molar-refractivity contribution in [3.8, 4) is 0 Å². The number of carbonyl (C=O) groups excluding carboxylic acids is 3. The average Bonchev–Trinajstić information content (AvgIpc) is 2.81. The van der Waals surface area contributed by atoms with Crippen molar-refractivity contribution in [2.45, 2.75) is 25.9 Å². The van der Waals surface area contributed by atoms with Gasteiger partial charge in [-0.3, -0.25) is 24.6 Å². The highest BCUT2D eigenvalue weighted by Gasteiger charge is 2.30. The number of guanidine groups is 1. The first-order valence-electron chi connectivity index (χ1n) is 11.0. The van der Waals surface area contributed by atoms with Gasteiger partial charge in [0.25, 0.3) is 0 Å². The van der Waals surface area contributed by atoms with Gasteiger partial charge in [0.15, 0.2) is 0 Å². The molecular formula is C24H28N6O3. The summed E-state index contributed by atoms with van der Waals surface area (Å²) in [5.74, 6) is -0.250. The van der Waals surface area contributed by atoms with Gasteiger partial charge in [0.2, 0.25) is 23.7 Å². The van der Waals surface area contributed by atoms with Gasteiger partial charge in [0, 0.05) is 51.0 Å². The maximum absolute atomic E-state index is 12.8. The number of nitrogens with zero attached hydrogens (tertiary/aromatic N) is 3. The minimum absolute atomic E-state index is 0.00722. The number of aliphatic imine (C=N–C) groups is 1. The van der Waals surface area contributed by atoms with E-state index in [1.165, 1.54) is 12.5 Å². The Labute approximate surface area is 192 Å². The van der Waals surface area contributed by atoms with E-state index in [1.807, 2.05) is 23.1 Å². The number of benzene rings is 2. The van der Waals surface area contributed by atoms with Crippen LogP contribution in [0.4, 0.5) is 11.4 Å². The van der Waals surface area contributed by atoms with Crippen LogP contribution in [0.1, 0.15) is 18.9 Å². The van der Waals surface area contributed by atoms with Crippen molar-refractivity contribution in [3.63, 3.8) is 0 Å². The lowest BCUT2D eigenvalue weighted by Gasteiger charge is -2.37. The molecule has 2 aliphatic heterocycles. The molecule has 33 heavy (non-hydrogen) atoms. The number of hydrogen-bond acceptors (Lipinski definition) is 6. The number of carbonyl (C=O) groups is 3. The number of anilines is 2. The molecule has 0 spiro atoms. The summed E-state index contributed by atoms with van der Waals surface area (Å²) in [7, 11) is 0. The van der Waals surface area contributed by atoms with Crippen LogP contribution in [0.3, 0.4) is 0 Å². The minimum atomic E-state index is -0.786. The summed E-state index contributed by atoms with van der Waals surface area (Å²) in [5.41, 5.74) is 2.49. The summed E-state index contributed by atoms with van der Waals surface area (Å²) in [6.45, 7) is 5.47. The van der Waals surface area contributed by atoms with Crippen LogP contribution in [0, 0.1) is 0 Å². The Hall–Kier alpha value is -3.72. The van der Waals surface area contributed by atoms with Crippen LogP contribution in [0.15, 0.2) is 59.6 Å². The van der Waals surface area contributed by atoms with Crippen LogP contribution in [0.25, 0.3) is 0 Å². The zero-order valence-electron chi connectivity index (χ0n) is 18.6. The highest BCUT2D eigenvalue weighted by molar-refractivity contribution is 6.06. The zero-order valence-corrected chi connectivity index (χ0v) is 18.6. The van der Waals surface area contributed by atoms with Crippen LogP contribution in [-0.2, 0) is 20.9 Å². The van der Waals surface area contributed by atoms with Gasteiger partial charge in [-0.1, -0.05) is 30.3 Å². The molecular weight excluding hydrogens is 420 g/mol. The van der Waals surface area contributed by atoms with E-state index < -0.39 is 6.04 Å². The average molecular weight is 449 g/mol. The highest BCUT2D eigenvalue weighted by atomic mass is 16.2. The van der Waals surface area contributed by atoms with Crippen LogP contribution < -0.4 is 16.0 Å². The Balaban J connectivity index is 1.34. The molecule has 0 aromatic heterocycles. The maximum Gasteiger partial charge on any atom is 0.249 e. The molecule has 3 N–H and O–H groups in total. The van der Waals surface area contributed by atoms with E-state index >= 15 is 0 Å². The second-order valence-corrected chi connectivity index (χ2v) is 8.22. The number of piperazine rings is 1. The fourth-order valence-electron chi connectivity index (χ4n) is 3.91. The van der Waals surface area contributed by atoms with Crippen LogP contribution in [0.2, 0.25) is 0 Å². The van der Waals surface area contributed by atoms with E-state index in [9.17, 15) is 14.4 Å². The first kappa shape index (κ1) is 22.5. The highest BCUT2D eigenvalue weighted by Crippen LogP contribution is 2.16. The lowest BCUT2D eigenvalue weighted by atomic mass is 10.1. The molecule has 0 radical (unpaired) electrons. The molecule has 1 fully saturated rings. The number of amides is 3. The molecule has 1 atom stereocenters. The summed E-state index contributed by atoms with van der Waals surface area (Å²) in [4.78, 5) is 45.1. The molecule has 1 saturated heterocycles. The minimum Gasteiger partial charge on any atom is -0.340 e. The van der Waals surface area contributed by atoms with Crippen LogP contribution in [0.5, 0.6) is 0 Å². The van der Waals surface area contributed by atoms with Crippen molar-refractivity contribution in [1.82, 2.24) is 15.1 Å². The summed E-state index contributed by atoms with van der Waals surface area (Å²) in [5, 5.41) is 8.31. The number of hydrogen-bond donors (Lipinski definition) is 3. The summed E-state index contributed by atoms with van der Waals surface area (Å²) in [6, 6.07) is 16.3. The topological polar surface area (TPSA) is 106 Å². The van der Waals surface area contributed by atoms with Crippen molar-refractivity contribution in [2.24, 2.45) is 4.99 Å². The Morgan fingerprint density at radius 3 is 2.24 bits per heavy atom. The summed E-state index contributed by atoms with van der Waals surface area (Å²) >= 11 is 0. The second kappa shape index (κ2) is 10.3. The van der Waals surface area contributed by atoms with Gasteiger partial charge < -0.3 is 15.5 Å². The molecule has 9 nitrogen and oxygen atoms in total. The van der Waals surface area contributed by atoms with Gasteiger partial charge in [-0.2, -0.15) is 0 Å². The van der Waals surface area contributed by atoms with Crippen LogP contribution in [-0.4, -0.2) is 65.7 Å². The molecule has 0 unspecified atom stereocenters. The Morgan fingerprint density at radius 2 is 1.61 bits per heavy atom. The SMILES string of the molecule is CC(=O)Nc1ccc(NC(=O)[C@@H]2CC(=O)NC(N3CCN(Cc4ccccc4)CC3)=N2)cc1. The monoisotopic (exact) mass is 448 g/mol. The largest absolute Gasteiger partial charge is 0.340 e. The Kier molecular flexibility index (Phi) is 6.99. The fraction of sp³-hybridized carbons (Fsp3) is 0.333. The summed E-state index contributed by atoms with van der Waals surface area (Å²) < 4.78 is 0.